The van der Waals surface area contributed by atoms with Crippen LogP contribution >= 0.6 is 0 Å². The summed E-state index contributed by atoms with van der Waals surface area (Å²) in [5.74, 6) is 0.627. The maximum Gasteiger partial charge on any atom is 0.244 e. The minimum Gasteiger partial charge on any atom is -0.341 e. The summed E-state index contributed by atoms with van der Waals surface area (Å²) in [6, 6.07) is 10.0. The average molecular weight is 303 g/mol. The molecule has 122 valence electrons. The predicted octanol–water partition coefficient (Wildman–Crippen LogP) is 2.27. The van der Waals surface area contributed by atoms with Crippen LogP contribution in [-0.2, 0) is 4.79 Å². The van der Waals surface area contributed by atoms with Crippen LogP contribution in [0.5, 0.6) is 0 Å². The Hall–Kier alpha value is -1.39. The van der Waals surface area contributed by atoms with Crippen molar-refractivity contribution in [3.05, 3.63) is 35.9 Å². The summed E-state index contributed by atoms with van der Waals surface area (Å²) in [5, 5.41) is 0. The van der Waals surface area contributed by atoms with Gasteiger partial charge in [-0.1, -0.05) is 37.3 Å². The Kier molecular flexibility index (Phi) is 5.98. The highest BCUT2D eigenvalue weighted by Gasteiger charge is 2.32. The molecule has 3 unspecified atom stereocenters. The molecule has 1 amide bonds. The van der Waals surface area contributed by atoms with Gasteiger partial charge in [0, 0.05) is 19.1 Å². The van der Waals surface area contributed by atoms with E-state index in [0.717, 1.165) is 38.0 Å². The summed E-state index contributed by atoms with van der Waals surface area (Å²) in [4.78, 5) is 17.2. The average Bonchev–Trinajstić information content (AvgIpc) is 2.55. The number of hydrogen-bond acceptors (Lipinski definition) is 3. The van der Waals surface area contributed by atoms with Gasteiger partial charge in [0.15, 0.2) is 0 Å². The minimum atomic E-state index is -0.196. The van der Waals surface area contributed by atoms with Crippen molar-refractivity contribution in [2.75, 3.05) is 26.7 Å². The molecule has 2 rings (SSSR count). The van der Waals surface area contributed by atoms with Crippen LogP contribution in [0.15, 0.2) is 30.3 Å². The van der Waals surface area contributed by atoms with Crippen LogP contribution in [0.4, 0.5) is 0 Å². The third-order valence-electron chi connectivity index (χ3n) is 4.80. The molecule has 1 saturated heterocycles. The molecule has 1 aromatic rings. The van der Waals surface area contributed by atoms with Crippen molar-refractivity contribution in [3.63, 3.8) is 0 Å². The van der Waals surface area contributed by atoms with E-state index < -0.39 is 0 Å². The SMILES string of the molecule is CCN(C)C(C(=O)N1CCCC(C(C)N)C1)c1ccccc1. The van der Waals surface area contributed by atoms with Gasteiger partial charge in [-0.05, 0) is 44.8 Å². The zero-order valence-corrected chi connectivity index (χ0v) is 14.0. The summed E-state index contributed by atoms with van der Waals surface area (Å²) in [5.41, 5.74) is 7.12. The highest BCUT2D eigenvalue weighted by Crippen LogP contribution is 2.26. The van der Waals surface area contributed by atoms with Gasteiger partial charge in [0.25, 0.3) is 0 Å². The van der Waals surface area contributed by atoms with Gasteiger partial charge in [0.2, 0.25) is 5.91 Å². The fourth-order valence-electron chi connectivity index (χ4n) is 3.22. The number of likely N-dealkylation sites (N-methyl/N-ethyl adjacent to an activating group) is 1. The number of amides is 1. The molecule has 0 radical (unpaired) electrons. The van der Waals surface area contributed by atoms with Gasteiger partial charge < -0.3 is 10.6 Å². The van der Waals surface area contributed by atoms with E-state index >= 15 is 0 Å². The Morgan fingerprint density at radius 2 is 2.09 bits per heavy atom. The smallest absolute Gasteiger partial charge is 0.244 e. The molecule has 0 spiro atoms. The second kappa shape index (κ2) is 7.75. The van der Waals surface area contributed by atoms with Crippen LogP contribution in [0, 0.1) is 5.92 Å². The van der Waals surface area contributed by atoms with Crippen LogP contribution in [0.25, 0.3) is 0 Å². The van der Waals surface area contributed by atoms with Crippen molar-refractivity contribution < 1.29 is 4.79 Å². The molecule has 22 heavy (non-hydrogen) atoms. The topological polar surface area (TPSA) is 49.6 Å². The number of nitrogens with two attached hydrogens (primary N) is 1. The molecule has 2 N–H and O–H groups in total. The van der Waals surface area contributed by atoms with E-state index in [1.165, 1.54) is 0 Å². The Labute approximate surface area is 134 Å². The normalized spacial score (nSPS) is 21.7. The van der Waals surface area contributed by atoms with Gasteiger partial charge >= 0.3 is 0 Å². The number of nitrogens with zero attached hydrogens (tertiary/aromatic N) is 2. The lowest BCUT2D eigenvalue weighted by Gasteiger charge is -2.38. The summed E-state index contributed by atoms with van der Waals surface area (Å²) in [7, 11) is 2.02. The van der Waals surface area contributed by atoms with Gasteiger partial charge in [0.1, 0.15) is 6.04 Å². The monoisotopic (exact) mass is 303 g/mol. The van der Waals surface area contributed by atoms with Crippen molar-refractivity contribution in [1.82, 2.24) is 9.80 Å². The van der Waals surface area contributed by atoms with Crippen LogP contribution in [-0.4, -0.2) is 48.4 Å². The number of likely N-dealkylation sites (tertiary alicyclic amines) is 1. The number of benzene rings is 1. The summed E-state index contributed by atoms with van der Waals surface area (Å²) in [6.45, 7) is 6.62. The van der Waals surface area contributed by atoms with E-state index in [9.17, 15) is 4.79 Å². The molecule has 1 aliphatic heterocycles. The van der Waals surface area contributed by atoms with E-state index in [0.29, 0.717) is 5.92 Å². The van der Waals surface area contributed by atoms with Crippen LogP contribution in [0.3, 0.4) is 0 Å². The third-order valence-corrected chi connectivity index (χ3v) is 4.80. The quantitative estimate of drug-likeness (QED) is 0.908. The molecule has 1 aliphatic rings. The van der Waals surface area contributed by atoms with Gasteiger partial charge in [-0.15, -0.1) is 0 Å². The van der Waals surface area contributed by atoms with E-state index in [2.05, 4.69) is 11.8 Å². The van der Waals surface area contributed by atoms with Crippen molar-refractivity contribution in [2.24, 2.45) is 11.7 Å². The number of piperidine rings is 1. The minimum absolute atomic E-state index is 0.148. The molecule has 4 nitrogen and oxygen atoms in total. The lowest BCUT2D eigenvalue weighted by molar-refractivity contribution is -0.138. The highest BCUT2D eigenvalue weighted by atomic mass is 16.2. The molecule has 0 bridgehead atoms. The predicted molar refractivity (Wildman–Crippen MR) is 90.4 cm³/mol. The van der Waals surface area contributed by atoms with Crippen LogP contribution < -0.4 is 5.73 Å². The van der Waals surface area contributed by atoms with Crippen molar-refractivity contribution >= 4 is 5.91 Å². The molecule has 0 saturated carbocycles. The van der Waals surface area contributed by atoms with E-state index in [1.54, 1.807) is 0 Å². The number of hydrogen-bond donors (Lipinski definition) is 1. The first-order valence-corrected chi connectivity index (χ1v) is 8.34. The first kappa shape index (κ1) is 17.0. The fourth-order valence-corrected chi connectivity index (χ4v) is 3.22. The Balaban J connectivity index is 2.19. The standard InChI is InChI=1S/C18H29N3O/c1-4-20(3)17(15-9-6-5-7-10-15)18(22)21-12-8-11-16(13-21)14(2)19/h5-7,9-10,14,16-17H,4,8,11-13,19H2,1-3H3. The van der Waals surface area contributed by atoms with Gasteiger partial charge in [-0.25, -0.2) is 0 Å². The van der Waals surface area contributed by atoms with Crippen molar-refractivity contribution in [2.45, 2.75) is 38.8 Å². The van der Waals surface area contributed by atoms with Crippen molar-refractivity contribution in [1.29, 1.82) is 0 Å². The maximum atomic E-state index is 13.1. The molecule has 4 heteroatoms. The number of carbonyl (C=O) groups is 1. The second-order valence-electron chi connectivity index (χ2n) is 6.43. The zero-order chi connectivity index (χ0) is 16.1. The van der Waals surface area contributed by atoms with E-state index in [1.807, 2.05) is 49.2 Å². The maximum absolute atomic E-state index is 13.1. The van der Waals surface area contributed by atoms with E-state index in [4.69, 9.17) is 5.73 Å². The first-order valence-electron chi connectivity index (χ1n) is 8.34. The lowest BCUT2D eigenvalue weighted by Crippen LogP contribution is -2.49. The largest absolute Gasteiger partial charge is 0.341 e. The number of rotatable bonds is 5. The molecule has 1 fully saturated rings. The second-order valence-corrected chi connectivity index (χ2v) is 6.43. The van der Waals surface area contributed by atoms with Gasteiger partial charge in [-0.2, -0.15) is 0 Å². The van der Waals surface area contributed by atoms with Gasteiger partial charge in [0.05, 0.1) is 0 Å². The fraction of sp³-hybridized carbons (Fsp3) is 0.611. The summed E-state index contributed by atoms with van der Waals surface area (Å²) >= 11 is 0. The number of carbonyl (C=O) groups excluding carboxylic acids is 1. The van der Waals surface area contributed by atoms with Crippen LogP contribution in [0.1, 0.15) is 38.3 Å². The highest BCUT2D eigenvalue weighted by molar-refractivity contribution is 5.83. The summed E-state index contributed by atoms with van der Waals surface area (Å²) < 4.78 is 0. The molecule has 1 aromatic carbocycles. The lowest BCUT2D eigenvalue weighted by atomic mass is 9.91. The first-order chi connectivity index (χ1) is 10.5. The third kappa shape index (κ3) is 3.87. The zero-order valence-electron chi connectivity index (χ0n) is 14.0. The van der Waals surface area contributed by atoms with Crippen LogP contribution in [0.2, 0.25) is 0 Å². The molecule has 0 aromatic heterocycles. The van der Waals surface area contributed by atoms with Gasteiger partial charge in [-0.3, -0.25) is 9.69 Å². The van der Waals surface area contributed by atoms with E-state index in [-0.39, 0.29) is 18.0 Å². The molecule has 1 heterocycles. The Morgan fingerprint density at radius 3 is 2.68 bits per heavy atom. The molecular weight excluding hydrogens is 274 g/mol. The molecular formula is C18H29N3O. The Morgan fingerprint density at radius 1 is 1.41 bits per heavy atom. The summed E-state index contributed by atoms with van der Waals surface area (Å²) in [6.07, 6.45) is 2.18. The van der Waals surface area contributed by atoms with Crippen molar-refractivity contribution in [3.8, 4) is 0 Å². The molecule has 3 atom stereocenters. The molecule has 0 aliphatic carbocycles. The Bertz CT molecular complexity index is 474.